The van der Waals surface area contributed by atoms with Crippen molar-refractivity contribution >= 4 is 27.3 Å². The summed E-state index contributed by atoms with van der Waals surface area (Å²) in [6.07, 6.45) is 6.30. The summed E-state index contributed by atoms with van der Waals surface area (Å²) in [4.78, 5) is 0.187. The van der Waals surface area contributed by atoms with Crippen LogP contribution in [-0.4, -0.2) is 14.5 Å². The minimum absolute atomic E-state index is 0.0158. The number of nitrogens with two attached hydrogens (primary N) is 1. The highest BCUT2D eigenvalue weighted by Gasteiger charge is 2.23. The molecule has 6 heteroatoms. The second-order valence-corrected chi connectivity index (χ2v) is 7.55. The topological polar surface area (TPSA) is 72.2 Å². The summed E-state index contributed by atoms with van der Waals surface area (Å²) < 4.78 is 27.8. The van der Waals surface area contributed by atoms with Crippen LogP contribution < -0.4 is 10.5 Å². The number of hydrogen-bond donors (Lipinski definition) is 2. The highest BCUT2D eigenvalue weighted by molar-refractivity contribution is 7.89. The van der Waals surface area contributed by atoms with E-state index in [1.165, 1.54) is 18.9 Å². The average molecular weight is 317 g/mol. The quantitative estimate of drug-likeness (QED) is 0.664. The van der Waals surface area contributed by atoms with Crippen LogP contribution in [-0.2, 0) is 10.0 Å². The Balaban J connectivity index is 2.26. The van der Waals surface area contributed by atoms with Gasteiger partial charge >= 0.3 is 0 Å². The van der Waals surface area contributed by atoms with Gasteiger partial charge in [-0.05, 0) is 37.5 Å². The normalized spacial score (nSPS) is 17.9. The monoisotopic (exact) mass is 316 g/mol. The number of benzene rings is 1. The smallest absolute Gasteiger partial charge is 0.241 e. The van der Waals surface area contributed by atoms with Crippen molar-refractivity contribution in [3.63, 3.8) is 0 Å². The average Bonchev–Trinajstić information content (AvgIpc) is 2.61. The van der Waals surface area contributed by atoms with Gasteiger partial charge in [-0.3, -0.25) is 0 Å². The molecule has 1 aliphatic rings. The molecule has 3 N–H and O–H groups in total. The molecule has 1 aromatic rings. The predicted molar refractivity (Wildman–Crippen MR) is 82.4 cm³/mol. The van der Waals surface area contributed by atoms with Crippen molar-refractivity contribution in [2.45, 2.75) is 56.4 Å². The third-order valence-corrected chi connectivity index (χ3v) is 5.70. The van der Waals surface area contributed by atoms with Crippen LogP contribution in [0.15, 0.2) is 17.0 Å². The Labute approximate surface area is 125 Å². The van der Waals surface area contributed by atoms with Crippen molar-refractivity contribution in [2.75, 3.05) is 5.73 Å². The lowest BCUT2D eigenvalue weighted by Crippen LogP contribution is -2.34. The van der Waals surface area contributed by atoms with Gasteiger partial charge in [0.05, 0.1) is 4.90 Å². The molecule has 0 atom stereocenters. The molecule has 0 aliphatic heterocycles. The highest BCUT2D eigenvalue weighted by Crippen LogP contribution is 2.27. The number of rotatable bonds is 3. The fraction of sp³-hybridized carbons (Fsp3) is 0.571. The summed E-state index contributed by atoms with van der Waals surface area (Å²) in [7, 11) is -3.57. The van der Waals surface area contributed by atoms with Crippen molar-refractivity contribution < 1.29 is 8.42 Å². The van der Waals surface area contributed by atoms with Crippen LogP contribution in [0.3, 0.4) is 0 Å². The van der Waals surface area contributed by atoms with Crippen molar-refractivity contribution in [2.24, 2.45) is 0 Å². The highest BCUT2D eigenvalue weighted by atomic mass is 35.5. The van der Waals surface area contributed by atoms with Crippen LogP contribution in [0.4, 0.5) is 5.69 Å². The Morgan fingerprint density at radius 3 is 2.40 bits per heavy atom. The van der Waals surface area contributed by atoms with Gasteiger partial charge in [0.2, 0.25) is 10.0 Å². The van der Waals surface area contributed by atoms with Crippen LogP contribution in [0.5, 0.6) is 0 Å². The fourth-order valence-corrected chi connectivity index (χ4v) is 4.53. The van der Waals surface area contributed by atoms with Gasteiger partial charge in [0.1, 0.15) is 0 Å². The van der Waals surface area contributed by atoms with Crippen molar-refractivity contribution in [3.05, 3.63) is 22.7 Å². The lowest BCUT2D eigenvalue weighted by molar-refractivity contribution is 0.509. The molecule has 0 amide bonds. The zero-order valence-electron chi connectivity index (χ0n) is 11.7. The van der Waals surface area contributed by atoms with Gasteiger partial charge in [0, 0.05) is 16.8 Å². The largest absolute Gasteiger partial charge is 0.398 e. The van der Waals surface area contributed by atoms with E-state index in [0.717, 1.165) is 25.7 Å². The SMILES string of the molecule is Cc1c(N)cc(Cl)cc1S(=O)(=O)NC1CCCCCC1. The van der Waals surface area contributed by atoms with Crippen LogP contribution in [0.2, 0.25) is 5.02 Å². The number of nitrogen functional groups attached to an aromatic ring is 1. The third kappa shape index (κ3) is 3.65. The van der Waals surface area contributed by atoms with Crippen molar-refractivity contribution in [1.82, 2.24) is 4.72 Å². The van der Waals surface area contributed by atoms with E-state index in [2.05, 4.69) is 4.72 Å². The van der Waals surface area contributed by atoms with Gasteiger partial charge in [-0.2, -0.15) is 0 Å². The Morgan fingerprint density at radius 2 is 1.80 bits per heavy atom. The molecule has 0 bridgehead atoms. The van der Waals surface area contributed by atoms with E-state index in [4.69, 9.17) is 17.3 Å². The molecule has 2 rings (SSSR count). The van der Waals surface area contributed by atoms with Crippen LogP contribution in [0, 0.1) is 6.92 Å². The Morgan fingerprint density at radius 1 is 1.20 bits per heavy atom. The zero-order chi connectivity index (χ0) is 14.8. The minimum atomic E-state index is -3.57. The fourth-order valence-electron chi connectivity index (χ4n) is 2.63. The lowest BCUT2D eigenvalue weighted by atomic mass is 10.1. The molecule has 1 fully saturated rings. The first-order valence-corrected chi connectivity index (χ1v) is 8.84. The molecule has 0 spiro atoms. The molecule has 0 aromatic heterocycles. The Hall–Kier alpha value is -0.780. The van der Waals surface area contributed by atoms with Gasteiger partial charge < -0.3 is 5.73 Å². The van der Waals surface area contributed by atoms with Gasteiger partial charge in [-0.15, -0.1) is 0 Å². The zero-order valence-corrected chi connectivity index (χ0v) is 13.2. The van der Waals surface area contributed by atoms with Crippen LogP contribution in [0.1, 0.15) is 44.1 Å². The number of nitrogens with one attached hydrogen (secondary N) is 1. The second kappa shape index (κ2) is 6.33. The van der Waals surface area contributed by atoms with Gasteiger partial charge in [0.15, 0.2) is 0 Å². The molecule has 1 aromatic carbocycles. The summed E-state index contributed by atoms with van der Waals surface area (Å²) in [6, 6.07) is 3.05. The number of hydrogen-bond acceptors (Lipinski definition) is 3. The van der Waals surface area contributed by atoms with Gasteiger partial charge in [0.25, 0.3) is 0 Å². The van der Waals surface area contributed by atoms with Crippen LogP contribution in [0.25, 0.3) is 0 Å². The van der Waals surface area contributed by atoms with Gasteiger partial charge in [-0.1, -0.05) is 37.3 Å². The molecule has 1 saturated carbocycles. The van der Waals surface area contributed by atoms with E-state index in [9.17, 15) is 8.42 Å². The third-order valence-electron chi connectivity index (χ3n) is 3.83. The summed E-state index contributed by atoms with van der Waals surface area (Å²) in [5.41, 5.74) is 6.75. The summed E-state index contributed by atoms with van der Waals surface area (Å²) in [5, 5.41) is 0.342. The molecule has 0 saturated heterocycles. The Kier molecular flexibility index (Phi) is 4.94. The molecule has 0 unspecified atom stereocenters. The first kappa shape index (κ1) is 15.6. The Bertz CT molecular complexity index is 579. The number of halogens is 1. The standard InChI is InChI=1S/C14H21ClN2O2S/c1-10-13(16)8-11(15)9-14(10)20(18,19)17-12-6-4-2-3-5-7-12/h8-9,12,17H,2-7,16H2,1H3. The maximum absolute atomic E-state index is 12.5. The first-order valence-electron chi connectivity index (χ1n) is 6.98. The summed E-state index contributed by atoms with van der Waals surface area (Å²) in [5.74, 6) is 0. The molecule has 112 valence electrons. The van der Waals surface area contributed by atoms with E-state index in [1.54, 1.807) is 13.0 Å². The van der Waals surface area contributed by atoms with E-state index >= 15 is 0 Å². The summed E-state index contributed by atoms with van der Waals surface area (Å²) >= 11 is 5.92. The van der Waals surface area contributed by atoms with E-state index in [-0.39, 0.29) is 10.9 Å². The maximum atomic E-state index is 12.5. The second-order valence-electron chi connectivity index (χ2n) is 5.43. The summed E-state index contributed by atoms with van der Waals surface area (Å²) in [6.45, 7) is 1.70. The molecule has 0 heterocycles. The van der Waals surface area contributed by atoms with E-state index in [1.807, 2.05) is 0 Å². The van der Waals surface area contributed by atoms with Crippen LogP contribution >= 0.6 is 11.6 Å². The van der Waals surface area contributed by atoms with Crippen molar-refractivity contribution in [1.29, 1.82) is 0 Å². The number of sulfonamides is 1. The molecular formula is C14H21ClN2O2S. The molecule has 1 aliphatic carbocycles. The van der Waals surface area contributed by atoms with E-state index < -0.39 is 10.0 Å². The van der Waals surface area contributed by atoms with E-state index in [0.29, 0.717) is 16.3 Å². The molecule has 20 heavy (non-hydrogen) atoms. The maximum Gasteiger partial charge on any atom is 0.241 e. The van der Waals surface area contributed by atoms with Gasteiger partial charge in [-0.25, -0.2) is 13.1 Å². The molecular weight excluding hydrogens is 296 g/mol. The van der Waals surface area contributed by atoms with Crippen molar-refractivity contribution in [3.8, 4) is 0 Å². The lowest BCUT2D eigenvalue weighted by Gasteiger charge is -2.18. The first-order chi connectivity index (χ1) is 9.40. The minimum Gasteiger partial charge on any atom is -0.398 e. The molecule has 4 nitrogen and oxygen atoms in total. The number of anilines is 1. The molecule has 0 radical (unpaired) electrons. The predicted octanol–water partition coefficient (Wildman–Crippen LogP) is 3.23.